The molecule has 10 heteroatoms. The summed E-state index contributed by atoms with van der Waals surface area (Å²) in [5.74, 6) is -1.78. The first-order valence-corrected chi connectivity index (χ1v) is 7.41. The number of aromatic nitrogens is 4. The van der Waals surface area contributed by atoms with E-state index < -0.39 is 17.4 Å². The minimum Gasteiger partial charge on any atom is -0.475 e. The third-order valence-electron chi connectivity index (χ3n) is 2.96. The van der Waals surface area contributed by atoms with Crippen LogP contribution in [-0.2, 0) is 0 Å². The molecule has 0 fully saturated rings. The largest absolute Gasteiger partial charge is 0.475 e. The Labute approximate surface area is 132 Å². The number of carboxylic acids is 1. The number of hydrogen-bond donors (Lipinski definition) is 4. The number of carboxylic acid groups (broad SMARTS) is 1. The second-order valence-electron chi connectivity index (χ2n) is 4.46. The molecule has 9 nitrogen and oxygen atoms in total. The number of aliphatic hydroxyl groups is 1. The van der Waals surface area contributed by atoms with Crippen molar-refractivity contribution in [3.63, 3.8) is 0 Å². The molecule has 4 N–H and O–H groups in total. The Morgan fingerprint density at radius 1 is 1.39 bits per heavy atom. The third-order valence-corrected chi connectivity index (χ3v) is 3.76. The molecule has 0 aromatic carbocycles. The number of nitrogens with one attached hydrogen (secondary N) is 2. The molecule has 0 unspecified atom stereocenters. The SMILES string of the molecule is O=C(O)c1nc2c(-c3csc(NCCO)n3)nccc2c(=O)[nH]1. The third kappa shape index (κ3) is 2.89. The van der Waals surface area contributed by atoms with Gasteiger partial charge in [-0.2, -0.15) is 0 Å². The van der Waals surface area contributed by atoms with Crippen LogP contribution >= 0.6 is 11.3 Å². The first-order chi connectivity index (χ1) is 11.1. The fourth-order valence-electron chi connectivity index (χ4n) is 1.98. The van der Waals surface area contributed by atoms with Crippen LogP contribution in [0.3, 0.4) is 0 Å². The summed E-state index contributed by atoms with van der Waals surface area (Å²) in [6, 6.07) is 1.47. The number of aromatic amines is 1. The van der Waals surface area contributed by atoms with E-state index in [1.165, 1.54) is 23.6 Å². The Kier molecular flexibility index (Phi) is 4.00. The van der Waals surface area contributed by atoms with Crippen LogP contribution in [0.1, 0.15) is 10.6 Å². The van der Waals surface area contributed by atoms with E-state index >= 15 is 0 Å². The number of anilines is 1. The molecule has 0 atom stereocenters. The van der Waals surface area contributed by atoms with E-state index in [0.29, 0.717) is 23.1 Å². The molecular formula is C13H11N5O4S. The second kappa shape index (κ2) is 6.10. The number of aliphatic hydroxyl groups excluding tert-OH is 1. The molecule has 0 spiro atoms. The Morgan fingerprint density at radius 2 is 2.22 bits per heavy atom. The molecule has 0 aliphatic carbocycles. The molecular weight excluding hydrogens is 322 g/mol. The topological polar surface area (TPSA) is 141 Å². The van der Waals surface area contributed by atoms with Crippen molar-refractivity contribution in [2.24, 2.45) is 0 Å². The number of thiazole rings is 1. The number of fused-ring (bicyclic) bond motifs is 1. The van der Waals surface area contributed by atoms with Gasteiger partial charge in [0, 0.05) is 18.1 Å². The predicted molar refractivity (Wildman–Crippen MR) is 83.8 cm³/mol. The van der Waals surface area contributed by atoms with Gasteiger partial charge in [0.2, 0.25) is 5.82 Å². The van der Waals surface area contributed by atoms with E-state index in [1.54, 1.807) is 5.38 Å². The van der Waals surface area contributed by atoms with Crippen LogP contribution in [0.15, 0.2) is 22.4 Å². The second-order valence-corrected chi connectivity index (χ2v) is 5.32. The molecule has 0 aliphatic heterocycles. The quantitative estimate of drug-likeness (QED) is 0.530. The van der Waals surface area contributed by atoms with E-state index in [4.69, 9.17) is 10.2 Å². The lowest BCUT2D eigenvalue weighted by molar-refractivity contribution is 0.0683. The lowest BCUT2D eigenvalue weighted by Crippen LogP contribution is -2.16. The maximum Gasteiger partial charge on any atom is 0.372 e. The molecule has 0 saturated carbocycles. The Balaban J connectivity index is 2.15. The van der Waals surface area contributed by atoms with Gasteiger partial charge in [0.1, 0.15) is 16.9 Å². The van der Waals surface area contributed by atoms with Crippen molar-refractivity contribution in [1.82, 2.24) is 19.9 Å². The molecule has 0 radical (unpaired) electrons. The van der Waals surface area contributed by atoms with Gasteiger partial charge < -0.3 is 20.5 Å². The average molecular weight is 333 g/mol. The smallest absolute Gasteiger partial charge is 0.372 e. The molecule has 118 valence electrons. The maximum absolute atomic E-state index is 12.0. The van der Waals surface area contributed by atoms with Crippen molar-refractivity contribution in [3.8, 4) is 11.4 Å². The Hall–Kier alpha value is -2.85. The summed E-state index contributed by atoms with van der Waals surface area (Å²) < 4.78 is 0. The zero-order valence-corrected chi connectivity index (χ0v) is 12.4. The van der Waals surface area contributed by atoms with Crippen LogP contribution in [0.2, 0.25) is 0 Å². The molecule has 0 bridgehead atoms. The minimum atomic E-state index is -1.33. The highest BCUT2D eigenvalue weighted by atomic mass is 32.1. The van der Waals surface area contributed by atoms with Crippen molar-refractivity contribution in [1.29, 1.82) is 0 Å². The van der Waals surface area contributed by atoms with Crippen LogP contribution in [0, 0.1) is 0 Å². The molecule has 3 aromatic heterocycles. The van der Waals surface area contributed by atoms with Crippen LogP contribution in [-0.4, -0.2) is 49.3 Å². The van der Waals surface area contributed by atoms with Crippen molar-refractivity contribution in [2.45, 2.75) is 0 Å². The summed E-state index contributed by atoms with van der Waals surface area (Å²) in [6.07, 6.45) is 1.44. The van der Waals surface area contributed by atoms with E-state index in [-0.39, 0.29) is 17.5 Å². The first kappa shape index (κ1) is 15.1. The fourth-order valence-corrected chi connectivity index (χ4v) is 2.70. The number of hydrogen-bond acceptors (Lipinski definition) is 8. The number of nitrogens with zero attached hydrogens (tertiary/aromatic N) is 3. The summed E-state index contributed by atoms with van der Waals surface area (Å²) in [4.78, 5) is 37.7. The van der Waals surface area contributed by atoms with Gasteiger partial charge in [-0.3, -0.25) is 9.78 Å². The number of rotatable bonds is 5. The van der Waals surface area contributed by atoms with E-state index in [2.05, 4.69) is 25.3 Å². The summed E-state index contributed by atoms with van der Waals surface area (Å²) >= 11 is 1.30. The zero-order valence-electron chi connectivity index (χ0n) is 11.6. The van der Waals surface area contributed by atoms with Gasteiger partial charge in [0.15, 0.2) is 5.13 Å². The molecule has 0 saturated heterocycles. The number of aromatic carboxylic acids is 1. The molecule has 0 amide bonds. The van der Waals surface area contributed by atoms with E-state index in [9.17, 15) is 9.59 Å². The van der Waals surface area contributed by atoms with Gasteiger partial charge in [-0.15, -0.1) is 11.3 Å². The molecule has 3 aromatic rings. The summed E-state index contributed by atoms with van der Waals surface area (Å²) in [6.45, 7) is 0.331. The van der Waals surface area contributed by atoms with Gasteiger partial charge in [-0.05, 0) is 6.07 Å². The fraction of sp³-hybridized carbons (Fsp3) is 0.154. The lowest BCUT2D eigenvalue weighted by Gasteiger charge is -2.03. The molecule has 0 aliphatic rings. The molecule has 3 rings (SSSR count). The maximum atomic E-state index is 12.0. The van der Waals surface area contributed by atoms with Crippen molar-refractivity contribution in [2.75, 3.05) is 18.5 Å². The minimum absolute atomic E-state index is 0.0274. The average Bonchev–Trinajstić information content (AvgIpc) is 3.01. The Morgan fingerprint density at radius 3 is 2.96 bits per heavy atom. The van der Waals surface area contributed by atoms with E-state index in [0.717, 1.165) is 0 Å². The number of pyridine rings is 1. The summed E-state index contributed by atoms with van der Waals surface area (Å²) in [5, 5.41) is 23.3. The van der Waals surface area contributed by atoms with Gasteiger partial charge in [0.25, 0.3) is 5.56 Å². The van der Waals surface area contributed by atoms with E-state index in [1.807, 2.05) is 0 Å². The van der Waals surface area contributed by atoms with Gasteiger partial charge in [-0.1, -0.05) is 0 Å². The van der Waals surface area contributed by atoms with Gasteiger partial charge >= 0.3 is 5.97 Å². The van der Waals surface area contributed by atoms with Crippen molar-refractivity contribution < 1.29 is 15.0 Å². The normalized spacial score (nSPS) is 10.8. The van der Waals surface area contributed by atoms with Crippen LogP contribution in [0.5, 0.6) is 0 Å². The highest BCUT2D eigenvalue weighted by Crippen LogP contribution is 2.27. The summed E-state index contributed by atoms with van der Waals surface area (Å²) in [7, 11) is 0. The highest BCUT2D eigenvalue weighted by Gasteiger charge is 2.16. The first-order valence-electron chi connectivity index (χ1n) is 6.53. The number of H-pyrrole nitrogens is 1. The zero-order chi connectivity index (χ0) is 16.4. The van der Waals surface area contributed by atoms with Gasteiger partial charge in [-0.25, -0.2) is 14.8 Å². The predicted octanol–water partition coefficient (Wildman–Crippen LogP) is 0.544. The van der Waals surface area contributed by atoms with Crippen molar-refractivity contribution >= 4 is 33.3 Å². The van der Waals surface area contributed by atoms with Crippen molar-refractivity contribution in [3.05, 3.63) is 33.8 Å². The lowest BCUT2D eigenvalue weighted by atomic mass is 10.2. The van der Waals surface area contributed by atoms with Crippen LogP contribution < -0.4 is 10.9 Å². The van der Waals surface area contributed by atoms with Crippen LogP contribution in [0.4, 0.5) is 5.13 Å². The Bertz CT molecular complexity index is 936. The van der Waals surface area contributed by atoms with Gasteiger partial charge in [0.05, 0.1) is 12.0 Å². The standard InChI is InChI=1S/C13H11N5O4S/c19-4-3-15-13-16-7(5-23-13)9-8-6(1-2-14-9)11(20)18-10(17-8)12(21)22/h1-2,5,19H,3-4H2,(H,15,16)(H,21,22)(H,17,18,20). The highest BCUT2D eigenvalue weighted by molar-refractivity contribution is 7.14. The van der Waals surface area contributed by atoms with Crippen LogP contribution in [0.25, 0.3) is 22.3 Å². The monoisotopic (exact) mass is 333 g/mol. The molecule has 23 heavy (non-hydrogen) atoms. The molecule has 3 heterocycles. The number of carbonyl (C=O) groups is 1. The summed E-state index contributed by atoms with van der Waals surface area (Å²) in [5.41, 5.74) is 0.414.